The minimum atomic E-state index is -3.27. The van der Waals surface area contributed by atoms with Crippen molar-refractivity contribution >= 4 is 27.5 Å². The molecule has 1 saturated carbocycles. The van der Waals surface area contributed by atoms with Gasteiger partial charge in [0.2, 0.25) is 15.9 Å². The number of nitrogens with zero attached hydrogens (tertiary/aromatic N) is 3. The Bertz CT molecular complexity index is 860. The monoisotopic (exact) mass is 406 g/mol. The summed E-state index contributed by atoms with van der Waals surface area (Å²) in [5.74, 6) is 0.115. The number of benzene rings is 1. The number of hydrogen-bond acceptors (Lipinski definition) is 5. The van der Waals surface area contributed by atoms with E-state index >= 15 is 0 Å². The van der Waals surface area contributed by atoms with Crippen LogP contribution in [-0.2, 0) is 14.8 Å². The first-order chi connectivity index (χ1) is 13.4. The van der Waals surface area contributed by atoms with Gasteiger partial charge < -0.3 is 10.2 Å². The van der Waals surface area contributed by atoms with E-state index in [1.54, 1.807) is 29.2 Å². The van der Waals surface area contributed by atoms with Crippen molar-refractivity contribution < 1.29 is 18.0 Å². The van der Waals surface area contributed by atoms with E-state index in [0.717, 1.165) is 12.8 Å². The highest BCUT2D eigenvalue weighted by atomic mass is 32.2. The van der Waals surface area contributed by atoms with Crippen molar-refractivity contribution in [1.82, 2.24) is 15.1 Å². The van der Waals surface area contributed by atoms with Crippen molar-refractivity contribution in [2.75, 3.05) is 49.3 Å². The molecule has 152 valence electrons. The number of nitrogens with one attached hydrogen (secondary N) is 1. The summed E-state index contributed by atoms with van der Waals surface area (Å²) in [4.78, 5) is 28.6. The maximum Gasteiger partial charge on any atom is 0.254 e. The molecule has 8 nitrogen and oxygen atoms in total. The van der Waals surface area contributed by atoms with E-state index in [-0.39, 0.29) is 17.6 Å². The molecule has 2 amide bonds. The molecule has 0 unspecified atom stereocenters. The number of rotatable bonds is 5. The van der Waals surface area contributed by atoms with E-state index in [0.29, 0.717) is 63.0 Å². The van der Waals surface area contributed by atoms with Gasteiger partial charge in [0.15, 0.2) is 0 Å². The Morgan fingerprint density at radius 2 is 1.82 bits per heavy atom. The van der Waals surface area contributed by atoms with Gasteiger partial charge in [-0.3, -0.25) is 18.8 Å². The highest BCUT2D eigenvalue weighted by molar-refractivity contribution is 7.93. The molecule has 3 fully saturated rings. The zero-order chi connectivity index (χ0) is 19.7. The first-order valence-electron chi connectivity index (χ1n) is 9.84. The second kappa shape index (κ2) is 7.71. The van der Waals surface area contributed by atoms with E-state index in [4.69, 9.17) is 0 Å². The zero-order valence-electron chi connectivity index (χ0n) is 15.8. The predicted octanol–water partition coefficient (Wildman–Crippen LogP) is 0.263. The summed E-state index contributed by atoms with van der Waals surface area (Å²) in [6.07, 6.45) is 2.76. The van der Waals surface area contributed by atoms with Crippen LogP contribution in [0.25, 0.3) is 0 Å². The number of hydrogen-bond donors (Lipinski definition) is 1. The number of carbonyl (C=O) groups excluding carboxylic acids is 2. The molecule has 1 aliphatic carbocycles. The predicted molar refractivity (Wildman–Crippen MR) is 106 cm³/mol. The molecule has 0 aromatic heterocycles. The van der Waals surface area contributed by atoms with Crippen LogP contribution < -0.4 is 9.62 Å². The van der Waals surface area contributed by atoms with Crippen LogP contribution in [0.1, 0.15) is 29.6 Å². The highest BCUT2D eigenvalue weighted by Crippen LogP contribution is 2.25. The molecule has 1 aromatic carbocycles. The van der Waals surface area contributed by atoms with Gasteiger partial charge in [-0.15, -0.1) is 0 Å². The molecule has 0 radical (unpaired) electrons. The van der Waals surface area contributed by atoms with Gasteiger partial charge >= 0.3 is 0 Å². The average Bonchev–Trinajstić information content (AvgIpc) is 3.41. The fourth-order valence-corrected chi connectivity index (χ4v) is 5.28. The van der Waals surface area contributed by atoms with Crippen molar-refractivity contribution in [1.29, 1.82) is 0 Å². The van der Waals surface area contributed by atoms with Gasteiger partial charge in [0.05, 0.1) is 18.0 Å². The first kappa shape index (κ1) is 19.2. The number of carbonyl (C=O) groups is 2. The van der Waals surface area contributed by atoms with Crippen molar-refractivity contribution in [2.24, 2.45) is 0 Å². The Balaban J connectivity index is 1.35. The number of piperazine rings is 1. The highest BCUT2D eigenvalue weighted by Gasteiger charge is 2.30. The van der Waals surface area contributed by atoms with Crippen molar-refractivity contribution in [2.45, 2.75) is 25.3 Å². The summed E-state index contributed by atoms with van der Waals surface area (Å²) in [6, 6.07) is 7.22. The maximum atomic E-state index is 12.9. The third-order valence-corrected chi connectivity index (χ3v) is 7.32. The van der Waals surface area contributed by atoms with Gasteiger partial charge in [-0.2, -0.15) is 0 Å². The Morgan fingerprint density at radius 1 is 1.07 bits per heavy atom. The maximum absolute atomic E-state index is 12.9. The van der Waals surface area contributed by atoms with Crippen LogP contribution in [0.15, 0.2) is 24.3 Å². The first-order valence-corrected chi connectivity index (χ1v) is 11.4. The third kappa shape index (κ3) is 4.30. The molecule has 1 N–H and O–H groups in total. The molecule has 3 aliphatic rings. The fraction of sp³-hybridized carbons (Fsp3) is 0.579. The van der Waals surface area contributed by atoms with Crippen LogP contribution in [0.4, 0.5) is 5.69 Å². The smallest absolute Gasteiger partial charge is 0.254 e. The lowest BCUT2D eigenvalue weighted by atomic mass is 10.1. The molecule has 2 saturated heterocycles. The summed E-state index contributed by atoms with van der Waals surface area (Å²) in [5, 5.41) is 2.99. The third-order valence-electron chi connectivity index (χ3n) is 5.45. The minimum absolute atomic E-state index is 0.0572. The van der Waals surface area contributed by atoms with Gasteiger partial charge in [0, 0.05) is 44.3 Å². The SMILES string of the molecule is O=C(CN1CCN(C(=O)c2cccc(N3CCCS3(=O)=O)c2)CC1)NC1CC1. The summed E-state index contributed by atoms with van der Waals surface area (Å²) < 4.78 is 25.7. The van der Waals surface area contributed by atoms with E-state index < -0.39 is 10.0 Å². The van der Waals surface area contributed by atoms with Crippen LogP contribution in [0.5, 0.6) is 0 Å². The Hall–Kier alpha value is -2.13. The molecule has 0 bridgehead atoms. The summed E-state index contributed by atoms with van der Waals surface area (Å²) in [5.41, 5.74) is 1.05. The van der Waals surface area contributed by atoms with Gasteiger partial charge in [0.25, 0.3) is 5.91 Å². The molecule has 9 heteroatoms. The topological polar surface area (TPSA) is 90.0 Å². The molecular weight excluding hydrogens is 380 g/mol. The molecule has 2 heterocycles. The normalized spacial score (nSPS) is 22.3. The second-order valence-corrected chi connectivity index (χ2v) is 9.72. The van der Waals surface area contributed by atoms with Crippen LogP contribution in [0.2, 0.25) is 0 Å². The quantitative estimate of drug-likeness (QED) is 0.758. The van der Waals surface area contributed by atoms with Crippen LogP contribution in [-0.4, -0.2) is 81.1 Å². The van der Waals surface area contributed by atoms with E-state index in [1.165, 1.54) is 4.31 Å². The number of amides is 2. The Kier molecular flexibility index (Phi) is 5.29. The molecule has 1 aromatic rings. The zero-order valence-corrected chi connectivity index (χ0v) is 16.7. The second-order valence-electron chi connectivity index (χ2n) is 7.70. The largest absolute Gasteiger partial charge is 0.352 e. The van der Waals surface area contributed by atoms with Crippen LogP contribution >= 0.6 is 0 Å². The van der Waals surface area contributed by atoms with Gasteiger partial charge in [-0.05, 0) is 37.5 Å². The standard InChI is InChI=1S/C19H26N4O4S/c24-18(20-16-5-6-16)14-21-8-10-22(11-9-21)19(25)15-3-1-4-17(13-15)23-7-2-12-28(23,26)27/h1,3-4,13,16H,2,5-12,14H2,(H,20,24). The van der Waals surface area contributed by atoms with Gasteiger partial charge in [-0.1, -0.05) is 6.07 Å². The number of sulfonamides is 1. The Morgan fingerprint density at radius 3 is 2.46 bits per heavy atom. The molecular formula is C19H26N4O4S. The molecule has 0 spiro atoms. The number of anilines is 1. The summed E-state index contributed by atoms with van der Waals surface area (Å²) in [6.45, 7) is 3.26. The summed E-state index contributed by atoms with van der Waals surface area (Å²) >= 11 is 0. The lowest BCUT2D eigenvalue weighted by molar-refractivity contribution is -0.122. The van der Waals surface area contributed by atoms with E-state index in [9.17, 15) is 18.0 Å². The lowest BCUT2D eigenvalue weighted by Crippen LogP contribution is -2.51. The molecule has 28 heavy (non-hydrogen) atoms. The lowest BCUT2D eigenvalue weighted by Gasteiger charge is -2.34. The van der Waals surface area contributed by atoms with Crippen molar-refractivity contribution in [3.05, 3.63) is 29.8 Å². The molecule has 0 atom stereocenters. The molecule has 4 rings (SSSR count). The summed E-state index contributed by atoms with van der Waals surface area (Å²) in [7, 11) is -3.27. The van der Waals surface area contributed by atoms with E-state index in [1.807, 2.05) is 0 Å². The fourth-order valence-electron chi connectivity index (χ4n) is 3.72. The van der Waals surface area contributed by atoms with Crippen LogP contribution in [0, 0.1) is 0 Å². The van der Waals surface area contributed by atoms with Crippen LogP contribution in [0.3, 0.4) is 0 Å². The van der Waals surface area contributed by atoms with Gasteiger partial charge in [-0.25, -0.2) is 8.42 Å². The van der Waals surface area contributed by atoms with Crippen molar-refractivity contribution in [3.63, 3.8) is 0 Å². The van der Waals surface area contributed by atoms with E-state index in [2.05, 4.69) is 10.2 Å². The van der Waals surface area contributed by atoms with Crippen molar-refractivity contribution in [3.8, 4) is 0 Å². The molecule has 2 aliphatic heterocycles. The van der Waals surface area contributed by atoms with Gasteiger partial charge in [0.1, 0.15) is 0 Å². The average molecular weight is 407 g/mol. The minimum Gasteiger partial charge on any atom is -0.352 e. The Labute approximate surface area is 165 Å².